The van der Waals surface area contributed by atoms with E-state index in [1.807, 2.05) is 6.92 Å². The van der Waals surface area contributed by atoms with Crippen LogP contribution < -0.4 is 0 Å². The van der Waals surface area contributed by atoms with Gasteiger partial charge in [-0.2, -0.15) is 12.6 Å². The highest BCUT2D eigenvalue weighted by Crippen LogP contribution is 2.11. The van der Waals surface area contributed by atoms with Crippen LogP contribution in [0.3, 0.4) is 0 Å². The van der Waals surface area contributed by atoms with Crippen molar-refractivity contribution in [1.29, 1.82) is 0 Å². The Hall–Kier alpha value is -0.440. The molecule has 0 bridgehead atoms. The maximum absolute atomic E-state index is 4.34. The molecular formula is C8H14N2S. The minimum atomic E-state index is 0.485. The van der Waals surface area contributed by atoms with Crippen molar-refractivity contribution < 1.29 is 0 Å². The fourth-order valence-corrected chi connectivity index (χ4v) is 1.36. The fraction of sp³-hybridized carbons (Fsp3) is 0.625. The lowest BCUT2D eigenvalue weighted by Gasteiger charge is -2.08. The summed E-state index contributed by atoms with van der Waals surface area (Å²) in [6, 6.07) is 0.485. The van der Waals surface area contributed by atoms with E-state index in [0.717, 1.165) is 11.5 Å². The van der Waals surface area contributed by atoms with Gasteiger partial charge in [0, 0.05) is 18.0 Å². The molecule has 2 nitrogen and oxygen atoms in total. The molecule has 0 atom stereocenters. The van der Waals surface area contributed by atoms with Crippen LogP contribution in [0.4, 0.5) is 0 Å². The van der Waals surface area contributed by atoms with Gasteiger partial charge in [0.25, 0.3) is 0 Å². The van der Waals surface area contributed by atoms with E-state index in [0.29, 0.717) is 11.8 Å². The molecular weight excluding hydrogens is 156 g/mol. The number of imidazole rings is 1. The summed E-state index contributed by atoms with van der Waals surface area (Å²) < 4.78 is 2.16. The number of nitrogens with zero attached hydrogens (tertiary/aromatic N) is 2. The van der Waals surface area contributed by atoms with Crippen LogP contribution in [0.25, 0.3) is 0 Å². The summed E-state index contributed by atoms with van der Waals surface area (Å²) in [7, 11) is 0. The highest BCUT2D eigenvalue weighted by Gasteiger charge is 2.05. The molecule has 62 valence electrons. The van der Waals surface area contributed by atoms with E-state index in [4.69, 9.17) is 0 Å². The lowest BCUT2D eigenvalue weighted by atomic mass is 10.4. The molecule has 11 heavy (non-hydrogen) atoms. The number of hydrogen-bond donors (Lipinski definition) is 1. The van der Waals surface area contributed by atoms with E-state index in [-0.39, 0.29) is 0 Å². The second kappa shape index (κ2) is 3.30. The van der Waals surface area contributed by atoms with Crippen molar-refractivity contribution >= 4 is 12.6 Å². The van der Waals surface area contributed by atoms with Gasteiger partial charge in [-0.15, -0.1) is 0 Å². The average Bonchev–Trinajstić information content (AvgIpc) is 2.30. The summed E-state index contributed by atoms with van der Waals surface area (Å²) in [5.41, 5.74) is 1.07. The van der Waals surface area contributed by atoms with Crippen molar-refractivity contribution in [2.75, 3.05) is 0 Å². The van der Waals surface area contributed by atoms with Gasteiger partial charge < -0.3 is 4.57 Å². The number of hydrogen-bond acceptors (Lipinski definition) is 2. The van der Waals surface area contributed by atoms with E-state index in [2.05, 4.69) is 42.2 Å². The summed E-state index contributed by atoms with van der Waals surface area (Å²) in [6.45, 7) is 6.30. The molecule has 0 fully saturated rings. The van der Waals surface area contributed by atoms with E-state index >= 15 is 0 Å². The molecule has 0 aliphatic rings. The monoisotopic (exact) mass is 170 g/mol. The standard InChI is InChI=1S/C8H14N2S/c1-6(2)10-4-7(3)9-8(10)5-11/h4,6,11H,5H2,1-3H3. The first-order chi connectivity index (χ1) is 5.15. The molecule has 0 unspecified atom stereocenters. The minimum absolute atomic E-state index is 0.485. The van der Waals surface area contributed by atoms with Crippen LogP contribution in [0.5, 0.6) is 0 Å². The zero-order valence-electron chi connectivity index (χ0n) is 7.20. The van der Waals surface area contributed by atoms with Gasteiger partial charge in [-0.1, -0.05) is 0 Å². The second-order valence-electron chi connectivity index (χ2n) is 2.96. The predicted molar refractivity (Wildman–Crippen MR) is 50.0 cm³/mol. The SMILES string of the molecule is Cc1cn(C(C)C)c(CS)n1. The summed E-state index contributed by atoms with van der Waals surface area (Å²) in [4.78, 5) is 4.34. The average molecular weight is 170 g/mol. The molecule has 1 aromatic rings. The van der Waals surface area contributed by atoms with Crippen LogP contribution in [0.15, 0.2) is 6.20 Å². The zero-order valence-corrected chi connectivity index (χ0v) is 8.10. The quantitative estimate of drug-likeness (QED) is 0.674. The Labute approximate surface area is 73.0 Å². The molecule has 0 radical (unpaired) electrons. The normalized spacial score (nSPS) is 11.0. The third kappa shape index (κ3) is 1.77. The molecule has 0 saturated heterocycles. The second-order valence-corrected chi connectivity index (χ2v) is 3.27. The van der Waals surface area contributed by atoms with Crippen LogP contribution in [0.1, 0.15) is 31.4 Å². The molecule has 0 aromatic carbocycles. The highest BCUT2D eigenvalue weighted by molar-refractivity contribution is 7.79. The molecule has 3 heteroatoms. The fourth-order valence-electron chi connectivity index (χ4n) is 1.13. The Kier molecular flexibility index (Phi) is 2.60. The third-order valence-corrected chi connectivity index (χ3v) is 1.91. The summed E-state index contributed by atoms with van der Waals surface area (Å²) >= 11 is 4.20. The van der Waals surface area contributed by atoms with Crippen molar-refractivity contribution in [1.82, 2.24) is 9.55 Å². The van der Waals surface area contributed by atoms with Crippen LogP contribution >= 0.6 is 12.6 Å². The van der Waals surface area contributed by atoms with Crippen LogP contribution in [0.2, 0.25) is 0 Å². The molecule has 0 spiro atoms. The Morgan fingerprint density at radius 2 is 2.27 bits per heavy atom. The van der Waals surface area contributed by atoms with Gasteiger partial charge in [0.05, 0.1) is 5.69 Å². The summed E-state index contributed by atoms with van der Waals surface area (Å²) in [5, 5.41) is 0. The van der Waals surface area contributed by atoms with Gasteiger partial charge in [0.2, 0.25) is 0 Å². The first kappa shape index (κ1) is 8.65. The van der Waals surface area contributed by atoms with Crippen molar-refractivity contribution in [3.8, 4) is 0 Å². The number of rotatable bonds is 2. The molecule has 0 saturated carbocycles. The topological polar surface area (TPSA) is 17.8 Å². The first-order valence-electron chi connectivity index (χ1n) is 3.80. The van der Waals surface area contributed by atoms with E-state index in [1.54, 1.807) is 0 Å². The van der Waals surface area contributed by atoms with Gasteiger partial charge in [-0.25, -0.2) is 4.98 Å². The summed E-state index contributed by atoms with van der Waals surface area (Å²) in [5.74, 6) is 1.77. The van der Waals surface area contributed by atoms with Crippen molar-refractivity contribution in [2.24, 2.45) is 0 Å². The van der Waals surface area contributed by atoms with Crippen LogP contribution in [0, 0.1) is 6.92 Å². The molecule has 0 aliphatic heterocycles. The number of aromatic nitrogens is 2. The third-order valence-electron chi connectivity index (χ3n) is 1.63. The maximum atomic E-state index is 4.34. The van der Waals surface area contributed by atoms with Crippen molar-refractivity contribution in [3.05, 3.63) is 17.7 Å². The Morgan fingerprint density at radius 3 is 2.64 bits per heavy atom. The van der Waals surface area contributed by atoms with Gasteiger partial charge >= 0.3 is 0 Å². The van der Waals surface area contributed by atoms with Gasteiger partial charge in [-0.05, 0) is 20.8 Å². The maximum Gasteiger partial charge on any atom is 0.118 e. The van der Waals surface area contributed by atoms with Gasteiger partial charge in [0.1, 0.15) is 5.82 Å². The van der Waals surface area contributed by atoms with Gasteiger partial charge in [-0.3, -0.25) is 0 Å². The van der Waals surface area contributed by atoms with E-state index in [1.165, 1.54) is 0 Å². The lowest BCUT2D eigenvalue weighted by Crippen LogP contribution is -2.03. The molecule has 1 heterocycles. The zero-order chi connectivity index (χ0) is 8.43. The smallest absolute Gasteiger partial charge is 0.118 e. The minimum Gasteiger partial charge on any atom is -0.331 e. The lowest BCUT2D eigenvalue weighted by molar-refractivity contribution is 0.580. The molecule has 0 amide bonds. The first-order valence-corrected chi connectivity index (χ1v) is 4.43. The van der Waals surface area contributed by atoms with E-state index < -0.39 is 0 Å². The summed E-state index contributed by atoms with van der Waals surface area (Å²) in [6.07, 6.45) is 2.07. The predicted octanol–water partition coefficient (Wildman–Crippen LogP) is 2.20. The Balaban J connectivity index is 3.02. The van der Waals surface area contributed by atoms with E-state index in [9.17, 15) is 0 Å². The Bertz CT molecular complexity index is 240. The molecule has 1 rings (SSSR count). The molecule has 1 aromatic heterocycles. The van der Waals surface area contributed by atoms with Crippen molar-refractivity contribution in [3.63, 3.8) is 0 Å². The highest BCUT2D eigenvalue weighted by atomic mass is 32.1. The van der Waals surface area contributed by atoms with Crippen LogP contribution in [-0.2, 0) is 5.75 Å². The Morgan fingerprint density at radius 1 is 1.64 bits per heavy atom. The largest absolute Gasteiger partial charge is 0.331 e. The molecule has 0 N–H and O–H groups in total. The van der Waals surface area contributed by atoms with Crippen LogP contribution in [-0.4, -0.2) is 9.55 Å². The van der Waals surface area contributed by atoms with Crippen molar-refractivity contribution in [2.45, 2.75) is 32.6 Å². The molecule has 0 aliphatic carbocycles. The number of aryl methyl sites for hydroxylation is 1. The van der Waals surface area contributed by atoms with Gasteiger partial charge in [0.15, 0.2) is 0 Å². The number of thiol groups is 1.